The molecule has 4 nitrogen and oxygen atoms in total. The fourth-order valence-corrected chi connectivity index (χ4v) is 3.93. The molecule has 4 rings (SSSR count). The minimum atomic E-state index is -0.00949. The van der Waals surface area contributed by atoms with E-state index in [-0.39, 0.29) is 17.9 Å². The van der Waals surface area contributed by atoms with Crippen LogP contribution in [-0.2, 0) is 4.79 Å². The van der Waals surface area contributed by atoms with Gasteiger partial charge in [-0.1, -0.05) is 0 Å². The highest BCUT2D eigenvalue weighted by atomic mass is 32.1. The van der Waals surface area contributed by atoms with Gasteiger partial charge in [0.2, 0.25) is 5.91 Å². The average Bonchev–Trinajstić information content (AvgIpc) is 3.35. The average molecular weight is 290 g/mol. The number of carbonyl (C=O) groups is 2. The van der Waals surface area contributed by atoms with Gasteiger partial charge in [-0.25, -0.2) is 0 Å². The maximum Gasteiger partial charge on any atom is 0.261 e. The Balaban J connectivity index is 1.42. The molecule has 0 radical (unpaired) electrons. The van der Waals surface area contributed by atoms with Gasteiger partial charge in [0.15, 0.2) is 0 Å². The zero-order chi connectivity index (χ0) is 13.7. The molecular weight excluding hydrogens is 272 g/mol. The second-order valence-corrected chi connectivity index (χ2v) is 7.05. The van der Waals surface area contributed by atoms with Gasteiger partial charge in [-0.2, -0.15) is 0 Å². The third kappa shape index (κ3) is 2.24. The van der Waals surface area contributed by atoms with Crippen LogP contribution in [0.1, 0.15) is 53.3 Å². The summed E-state index contributed by atoms with van der Waals surface area (Å²) in [6.45, 7) is 0.694. The fraction of sp³-hybridized carbons (Fsp3) is 0.600. The van der Waals surface area contributed by atoms with Crippen LogP contribution in [0.3, 0.4) is 0 Å². The molecule has 0 bridgehead atoms. The van der Waals surface area contributed by atoms with Crippen molar-refractivity contribution < 1.29 is 9.59 Å². The maximum atomic E-state index is 12.4. The molecular formula is C15H18N2O2S. The molecule has 1 unspecified atom stereocenters. The van der Waals surface area contributed by atoms with E-state index in [1.54, 1.807) is 0 Å². The van der Waals surface area contributed by atoms with E-state index in [4.69, 9.17) is 0 Å². The van der Waals surface area contributed by atoms with Crippen molar-refractivity contribution in [2.75, 3.05) is 6.54 Å². The van der Waals surface area contributed by atoms with Crippen molar-refractivity contribution in [3.8, 4) is 0 Å². The summed E-state index contributed by atoms with van der Waals surface area (Å²) >= 11 is 1.52. The molecule has 2 saturated carbocycles. The van der Waals surface area contributed by atoms with Crippen LogP contribution >= 0.6 is 11.3 Å². The van der Waals surface area contributed by atoms with E-state index in [2.05, 4.69) is 11.4 Å². The van der Waals surface area contributed by atoms with Crippen LogP contribution in [0, 0.1) is 0 Å². The number of thiophene rings is 1. The van der Waals surface area contributed by atoms with Gasteiger partial charge in [0.1, 0.15) is 0 Å². The van der Waals surface area contributed by atoms with E-state index in [1.807, 2.05) is 10.3 Å². The van der Waals surface area contributed by atoms with E-state index >= 15 is 0 Å². The van der Waals surface area contributed by atoms with E-state index in [9.17, 15) is 9.59 Å². The molecule has 1 aromatic heterocycles. The summed E-state index contributed by atoms with van der Waals surface area (Å²) in [7, 11) is 0. The number of likely N-dealkylation sites (tertiary alicyclic amines) is 1. The maximum absolute atomic E-state index is 12.4. The third-order valence-corrected chi connectivity index (χ3v) is 5.33. The highest BCUT2D eigenvalue weighted by Gasteiger charge is 2.40. The van der Waals surface area contributed by atoms with Crippen molar-refractivity contribution in [1.29, 1.82) is 0 Å². The van der Waals surface area contributed by atoms with Crippen molar-refractivity contribution in [2.24, 2.45) is 0 Å². The lowest BCUT2D eigenvalue weighted by atomic mass is 10.1. The molecule has 106 valence electrons. The number of hydrogen-bond donors (Lipinski definition) is 1. The Hall–Kier alpha value is -1.36. The van der Waals surface area contributed by atoms with Gasteiger partial charge in [0, 0.05) is 19.0 Å². The van der Waals surface area contributed by atoms with Crippen LogP contribution < -0.4 is 5.32 Å². The molecule has 1 atom stereocenters. The topological polar surface area (TPSA) is 49.4 Å². The van der Waals surface area contributed by atoms with Gasteiger partial charge < -0.3 is 10.2 Å². The van der Waals surface area contributed by atoms with Gasteiger partial charge in [-0.15, -0.1) is 11.3 Å². The standard InChI is InChI=1S/C15H18N2O2S/c18-13-7-10(8-17(13)11-3-4-11)16-15(19)14-12(5-6-20-14)9-1-2-9/h5-6,9-11H,1-4,7-8H2,(H,16,19). The first-order valence-electron chi connectivity index (χ1n) is 7.40. The predicted molar refractivity (Wildman–Crippen MR) is 76.9 cm³/mol. The highest BCUT2D eigenvalue weighted by molar-refractivity contribution is 7.12. The minimum Gasteiger partial charge on any atom is -0.346 e. The Morgan fingerprint density at radius 1 is 1.30 bits per heavy atom. The lowest BCUT2D eigenvalue weighted by molar-refractivity contribution is -0.128. The molecule has 20 heavy (non-hydrogen) atoms. The van der Waals surface area contributed by atoms with Crippen molar-refractivity contribution in [1.82, 2.24) is 10.2 Å². The molecule has 1 N–H and O–H groups in total. The van der Waals surface area contributed by atoms with E-state index < -0.39 is 0 Å². The smallest absolute Gasteiger partial charge is 0.261 e. The molecule has 2 aliphatic carbocycles. The molecule has 0 spiro atoms. The van der Waals surface area contributed by atoms with Gasteiger partial charge in [0.05, 0.1) is 10.9 Å². The normalized spacial score (nSPS) is 26.1. The Kier molecular flexibility index (Phi) is 2.84. The van der Waals surface area contributed by atoms with Gasteiger partial charge in [0.25, 0.3) is 5.91 Å². The lowest BCUT2D eigenvalue weighted by Gasteiger charge is -2.16. The van der Waals surface area contributed by atoms with Gasteiger partial charge >= 0.3 is 0 Å². The first-order chi connectivity index (χ1) is 9.72. The number of nitrogens with zero attached hydrogens (tertiary/aromatic N) is 1. The number of carbonyl (C=O) groups excluding carboxylic acids is 2. The SMILES string of the molecule is O=C(NC1CC(=O)N(C2CC2)C1)c1sccc1C1CC1. The number of rotatable bonds is 4. The Morgan fingerprint density at radius 2 is 2.10 bits per heavy atom. The van der Waals surface area contributed by atoms with Gasteiger partial charge in [-0.3, -0.25) is 9.59 Å². The first kappa shape index (κ1) is 12.4. The summed E-state index contributed by atoms with van der Waals surface area (Å²) in [5, 5.41) is 5.06. The second-order valence-electron chi connectivity index (χ2n) is 6.13. The fourth-order valence-electron chi connectivity index (χ4n) is 3.04. The summed E-state index contributed by atoms with van der Waals surface area (Å²) in [6, 6.07) is 2.52. The monoisotopic (exact) mass is 290 g/mol. The van der Waals surface area contributed by atoms with Gasteiger partial charge in [-0.05, 0) is 48.6 Å². The number of nitrogens with one attached hydrogen (secondary N) is 1. The molecule has 2 heterocycles. The van der Waals surface area contributed by atoms with Crippen LogP contribution in [0.15, 0.2) is 11.4 Å². The molecule has 2 amide bonds. The first-order valence-corrected chi connectivity index (χ1v) is 8.28. The largest absolute Gasteiger partial charge is 0.346 e. The summed E-state index contributed by atoms with van der Waals surface area (Å²) in [5.41, 5.74) is 1.20. The Morgan fingerprint density at radius 3 is 2.80 bits per heavy atom. The zero-order valence-electron chi connectivity index (χ0n) is 11.3. The van der Waals surface area contributed by atoms with E-state index in [0.717, 1.165) is 17.7 Å². The summed E-state index contributed by atoms with van der Waals surface area (Å²) < 4.78 is 0. The lowest BCUT2D eigenvalue weighted by Crippen LogP contribution is -2.37. The Bertz CT molecular complexity index is 560. The molecule has 1 saturated heterocycles. The van der Waals surface area contributed by atoms with Crippen LogP contribution in [-0.4, -0.2) is 35.3 Å². The third-order valence-electron chi connectivity index (χ3n) is 4.40. The van der Waals surface area contributed by atoms with Crippen LogP contribution in [0.2, 0.25) is 0 Å². The van der Waals surface area contributed by atoms with E-state index in [1.165, 1.54) is 29.7 Å². The summed E-state index contributed by atoms with van der Waals surface area (Å²) in [5.74, 6) is 0.805. The van der Waals surface area contributed by atoms with E-state index in [0.29, 0.717) is 24.9 Å². The van der Waals surface area contributed by atoms with Crippen molar-refractivity contribution in [3.63, 3.8) is 0 Å². The molecule has 1 aliphatic heterocycles. The minimum absolute atomic E-state index is 0.00949. The predicted octanol–water partition coefficient (Wildman–Crippen LogP) is 2.12. The number of amides is 2. The van der Waals surface area contributed by atoms with Crippen LogP contribution in [0.4, 0.5) is 0 Å². The van der Waals surface area contributed by atoms with Crippen molar-refractivity contribution in [2.45, 2.75) is 50.1 Å². The molecule has 3 aliphatic rings. The van der Waals surface area contributed by atoms with Crippen molar-refractivity contribution >= 4 is 23.2 Å². The van der Waals surface area contributed by atoms with Crippen LogP contribution in [0.5, 0.6) is 0 Å². The highest BCUT2D eigenvalue weighted by Crippen LogP contribution is 2.43. The number of hydrogen-bond acceptors (Lipinski definition) is 3. The second kappa shape index (κ2) is 4.58. The summed E-state index contributed by atoms with van der Waals surface area (Å²) in [4.78, 5) is 27.1. The summed E-state index contributed by atoms with van der Waals surface area (Å²) in [6.07, 6.45) is 5.13. The Labute approximate surface area is 122 Å². The quantitative estimate of drug-likeness (QED) is 0.923. The van der Waals surface area contributed by atoms with Crippen LogP contribution in [0.25, 0.3) is 0 Å². The zero-order valence-corrected chi connectivity index (χ0v) is 12.1. The molecule has 0 aromatic carbocycles. The molecule has 1 aromatic rings. The molecule has 3 fully saturated rings. The van der Waals surface area contributed by atoms with Crippen molar-refractivity contribution in [3.05, 3.63) is 21.9 Å². The molecule has 5 heteroatoms.